The number of hydrogen-bond donors (Lipinski definition) is 4. The van der Waals surface area contributed by atoms with Crippen LogP contribution in [0.15, 0.2) is 194 Å². The Balaban J connectivity index is 0.00000525. The molecule has 10 aromatic rings. The topological polar surface area (TPSA) is 64.5 Å². The summed E-state index contributed by atoms with van der Waals surface area (Å²) in [4.78, 5) is 0. The van der Waals surface area contributed by atoms with Gasteiger partial charge in [0.25, 0.3) is 0 Å². The van der Waals surface area contributed by atoms with E-state index in [0.717, 1.165) is 115 Å². The van der Waals surface area contributed by atoms with E-state index >= 15 is 0 Å². The summed E-state index contributed by atoms with van der Waals surface area (Å²) < 4.78 is 0. The van der Waals surface area contributed by atoms with Gasteiger partial charge >= 0.3 is 0 Å². The van der Waals surface area contributed by atoms with Gasteiger partial charge in [0.05, 0.1) is 0 Å². The minimum atomic E-state index is 0. The van der Waals surface area contributed by atoms with Crippen molar-refractivity contribution in [2.24, 2.45) is 0 Å². The summed E-state index contributed by atoms with van der Waals surface area (Å²) in [6.45, 7) is 1.06. The predicted molar refractivity (Wildman–Crippen MR) is 275 cm³/mol. The fourth-order valence-electron chi connectivity index (χ4n) is 10.8. The Morgan fingerprint density at radius 3 is 1.10 bits per heavy atom. The first-order valence-corrected chi connectivity index (χ1v) is 23.6. The van der Waals surface area contributed by atoms with Crippen molar-refractivity contribution in [2.75, 3.05) is 0 Å². The van der Waals surface area contributed by atoms with E-state index < -0.39 is 0 Å². The third kappa shape index (κ3) is 8.85. The first-order valence-electron chi connectivity index (χ1n) is 23.6. The zero-order chi connectivity index (χ0) is 44.4. The molecule has 0 heterocycles. The largest absolute Gasteiger partial charge is 0.507 e. The van der Waals surface area contributed by atoms with E-state index in [-0.39, 0.29) is 29.2 Å². The number of rotatable bonds is 12. The Kier molecular flexibility index (Phi) is 12.9. The molecule has 1 fully saturated rings. The zero-order valence-corrected chi connectivity index (χ0v) is 38.4. The predicted octanol–water partition coefficient (Wildman–Crippen LogP) is 14.4. The molecule has 335 valence electrons. The summed E-state index contributed by atoms with van der Waals surface area (Å²) in [7, 11) is 0. The van der Waals surface area contributed by atoms with Crippen molar-refractivity contribution in [3.8, 4) is 33.8 Å². The minimum Gasteiger partial charge on any atom is -0.507 e. The maximum absolute atomic E-state index is 12.6. The molecule has 10 aromatic carbocycles. The van der Waals surface area contributed by atoms with E-state index in [2.05, 4.69) is 205 Å². The summed E-state index contributed by atoms with van der Waals surface area (Å²) in [5, 5.41) is 41.9. The molecule has 0 unspecified atom stereocenters. The second-order valence-corrected chi connectivity index (χ2v) is 18.2. The Morgan fingerprint density at radius 1 is 0.358 bits per heavy atom. The molecule has 1 aliphatic rings. The van der Waals surface area contributed by atoms with Gasteiger partial charge in [-0.2, -0.15) is 0 Å². The number of benzene rings is 10. The molecule has 11 rings (SSSR count). The fraction of sp³-hybridized carbons (Fsp3) is 0.161. The van der Waals surface area contributed by atoms with Crippen LogP contribution in [0.25, 0.3) is 65.3 Å². The molecule has 0 saturated heterocycles. The first-order chi connectivity index (χ1) is 32.6. The van der Waals surface area contributed by atoms with Crippen LogP contribution in [-0.4, -0.2) is 22.3 Å². The Hall–Kier alpha value is -6.72. The van der Waals surface area contributed by atoms with Crippen molar-refractivity contribution in [3.63, 3.8) is 0 Å². The molecule has 4 nitrogen and oxygen atoms in total. The van der Waals surface area contributed by atoms with Crippen LogP contribution in [0.1, 0.15) is 59.1 Å². The van der Waals surface area contributed by atoms with E-state index in [1.807, 2.05) is 0 Å². The Morgan fingerprint density at radius 2 is 0.701 bits per heavy atom. The molecular weight excluding hydrogens is 868 g/mol. The van der Waals surface area contributed by atoms with Gasteiger partial charge in [-0.15, -0.1) is 0 Å². The third-order valence-corrected chi connectivity index (χ3v) is 14.1. The molecule has 67 heavy (non-hydrogen) atoms. The summed E-state index contributed by atoms with van der Waals surface area (Å²) in [6, 6.07) is 68.9. The van der Waals surface area contributed by atoms with Crippen molar-refractivity contribution in [1.82, 2.24) is 10.6 Å². The monoisotopic (exact) mass is 921 g/mol. The number of aromatic hydroxyl groups is 2. The number of hydrogen-bond acceptors (Lipinski definition) is 4. The van der Waals surface area contributed by atoms with Crippen LogP contribution in [0, 0.1) is 0 Å². The summed E-state index contributed by atoms with van der Waals surface area (Å²) in [5.41, 5.74) is 10.6. The molecule has 1 saturated carbocycles. The average molecular weight is 923 g/mol. The molecule has 0 amide bonds. The van der Waals surface area contributed by atoms with Crippen LogP contribution in [-0.2, 0) is 43.0 Å². The van der Waals surface area contributed by atoms with E-state index in [1.54, 1.807) is 0 Å². The molecule has 0 aromatic heterocycles. The van der Waals surface area contributed by atoms with Crippen molar-refractivity contribution >= 4 is 43.1 Å². The van der Waals surface area contributed by atoms with Crippen molar-refractivity contribution < 1.29 is 27.3 Å². The van der Waals surface area contributed by atoms with Gasteiger partial charge in [-0.1, -0.05) is 195 Å². The van der Waals surface area contributed by atoms with E-state index in [0.29, 0.717) is 24.6 Å². The summed E-state index contributed by atoms with van der Waals surface area (Å²) in [6.07, 6.45) is 5.85. The quantitative estimate of drug-likeness (QED) is 0.0922. The molecule has 1 radical (unpaired) electrons. The molecule has 1 aliphatic carbocycles. The SMILES string of the molecule is Oc1c(CN[C@H]2CCCC[C@@H]2NCc2cc3ccccc3c(-c3c(Cc4ccccc4)ccc4ccccc34)c2O)cc2ccccc2c1-c1c(Cc2ccccc2)ccc2ccccc12.[Cu]. The molecule has 0 bridgehead atoms. The summed E-state index contributed by atoms with van der Waals surface area (Å²) >= 11 is 0. The van der Waals surface area contributed by atoms with Gasteiger partial charge in [0.2, 0.25) is 0 Å². The van der Waals surface area contributed by atoms with Crippen LogP contribution in [0.2, 0.25) is 0 Å². The van der Waals surface area contributed by atoms with E-state index in [4.69, 9.17) is 0 Å². The van der Waals surface area contributed by atoms with Gasteiger partial charge in [0.1, 0.15) is 11.5 Å². The minimum absolute atomic E-state index is 0. The normalized spacial score (nSPS) is 15.0. The third-order valence-electron chi connectivity index (χ3n) is 14.1. The maximum Gasteiger partial charge on any atom is 0.128 e. The number of phenols is 2. The second-order valence-electron chi connectivity index (χ2n) is 18.2. The van der Waals surface area contributed by atoms with Crippen LogP contribution in [0.5, 0.6) is 11.5 Å². The number of nitrogens with one attached hydrogen (secondary N) is 2. The zero-order valence-electron chi connectivity index (χ0n) is 37.5. The van der Waals surface area contributed by atoms with Gasteiger partial charge in [0, 0.05) is 64.5 Å². The second kappa shape index (κ2) is 19.6. The molecule has 5 heteroatoms. The van der Waals surface area contributed by atoms with Crippen molar-refractivity contribution in [3.05, 3.63) is 228 Å². The van der Waals surface area contributed by atoms with Crippen LogP contribution in [0.4, 0.5) is 0 Å². The molecular formula is C62H54CuN2O2. The van der Waals surface area contributed by atoms with Gasteiger partial charge in [-0.05, 0) is 114 Å². The van der Waals surface area contributed by atoms with E-state index in [1.165, 1.54) is 22.3 Å². The van der Waals surface area contributed by atoms with Gasteiger partial charge < -0.3 is 20.8 Å². The van der Waals surface area contributed by atoms with Gasteiger partial charge in [0.15, 0.2) is 0 Å². The first kappa shape index (κ1) is 44.1. The number of fused-ring (bicyclic) bond motifs is 4. The molecule has 0 aliphatic heterocycles. The van der Waals surface area contributed by atoms with Gasteiger partial charge in [-0.3, -0.25) is 0 Å². The summed E-state index contributed by atoms with van der Waals surface area (Å²) in [5.74, 6) is 0.668. The van der Waals surface area contributed by atoms with Crippen LogP contribution in [0.3, 0.4) is 0 Å². The average Bonchev–Trinajstić information content (AvgIpc) is 3.36. The standard InChI is InChI=1S/C62H54N2O2.Cu/c65-61-49(37-45-23-9-13-27-53(45)59(61)57-47(35-41-17-3-1-4-18-41)33-31-43-21-7-11-25-51(43)57)39-63-55-29-15-16-30-56(55)64-40-50-38-46-24-10-14-28-54(46)60(62(50)66)58-48(36-42-19-5-2-6-20-42)34-32-44-22-8-12-26-52(44)58;/h1-14,17-28,31-34,37-38,55-56,63-66H,15-16,29-30,35-36,39-40H2;/t55-,56-;/m0./s1. The molecule has 0 spiro atoms. The van der Waals surface area contributed by atoms with Crippen molar-refractivity contribution in [2.45, 2.75) is 63.7 Å². The Bertz CT molecular complexity index is 3140. The number of phenolic OH excluding ortho intramolecular Hbond substituents is 2. The van der Waals surface area contributed by atoms with Gasteiger partial charge in [-0.25, -0.2) is 0 Å². The molecule has 4 N–H and O–H groups in total. The van der Waals surface area contributed by atoms with Crippen LogP contribution < -0.4 is 10.6 Å². The van der Waals surface area contributed by atoms with Crippen molar-refractivity contribution in [1.29, 1.82) is 0 Å². The van der Waals surface area contributed by atoms with E-state index in [9.17, 15) is 10.2 Å². The molecule has 2 atom stereocenters. The maximum atomic E-state index is 12.6. The van der Waals surface area contributed by atoms with Crippen LogP contribution >= 0.6 is 0 Å². The smallest absolute Gasteiger partial charge is 0.128 e. The fourth-order valence-corrected chi connectivity index (χ4v) is 10.8. The Labute approximate surface area is 403 Å².